The summed E-state index contributed by atoms with van der Waals surface area (Å²) >= 11 is 0. The Labute approximate surface area is 172 Å². The van der Waals surface area contributed by atoms with Gasteiger partial charge >= 0.3 is 5.97 Å². The molecule has 0 saturated heterocycles. The molecule has 0 N–H and O–H groups in total. The average molecular weight is 411 g/mol. The molecule has 0 aromatic carbocycles. The molecule has 9 heteroatoms. The molecular formula is C20H33N3O6. The second-order valence-electron chi connectivity index (χ2n) is 7.19. The molecule has 0 radical (unpaired) electrons. The van der Waals surface area contributed by atoms with E-state index in [9.17, 15) is 9.59 Å². The van der Waals surface area contributed by atoms with Gasteiger partial charge in [-0.1, -0.05) is 0 Å². The zero-order valence-corrected chi connectivity index (χ0v) is 17.9. The van der Waals surface area contributed by atoms with Gasteiger partial charge < -0.3 is 23.8 Å². The van der Waals surface area contributed by atoms with Crippen molar-refractivity contribution in [2.24, 2.45) is 18.9 Å². The SMILES string of the molecule is CCOC(=O)[C@H]1C[C@@H]1CN(Cc1cc(C)n(C)n1)C(=O)COCCOCCOC. The van der Waals surface area contributed by atoms with Gasteiger partial charge in [0.05, 0.1) is 51.2 Å². The Morgan fingerprint density at radius 3 is 2.62 bits per heavy atom. The minimum Gasteiger partial charge on any atom is -0.466 e. The number of hydrogen-bond donors (Lipinski definition) is 0. The van der Waals surface area contributed by atoms with Gasteiger partial charge in [-0.15, -0.1) is 0 Å². The van der Waals surface area contributed by atoms with Crippen LogP contribution in [0.25, 0.3) is 0 Å². The molecule has 29 heavy (non-hydrogen) atoms. The summed E-state index contributed by atoms with van der Waals surface area (Å²) in [6.45, 7) is 6.75. The summed E-state index contributed by atoms with van der Waals surface area (Å²) in [5.74, 6) is -0.297. The number of methoxy groups -OCH3 is 1. The zero-order chi connectivity index (χ0) is 21.2. The Morgan fingerprint density at radius 1 is 1.24 bits per heavy atom. The topological polar surface area (TPSA) is 92.1 Å². The van der Waals surface area contributed by atoms with Gasteiger partial charge in [0.15, 0.2) is 0 Å². The van der Waals surface area contributed by atoms with Crippen molar-refractivity contribution in [1.82, 2.24) is 14.7 Å². The predicted octanol–water partition coefficient (Wildman–Crippen LogP) is 0.936. The fourth-order valence-corrected chi connectivity index (χ4v) is 3.05. The van der Waals surface area contributed by atoms with Crippen molar-refractivity contribution in [3.63, 3.8) is 0 Å². The summed E-state index contributed by atoms with van der Waals surface area (Å²) in [7, 11) is 3.48. The van der Waals surface area contributed by atoms with Gasteiger partial charge in [-0.2, -0.15) is 5.10 Å². The number of amides is 1. The minimum absolute atomic E-state index is 0.0315. The number of ether oxygens (including phenoxy) is 4. The van der Waals surface area contributed by atoms with Gasteiger partial charge in [-0.3, -0.25) is 14.3 Å². The molecule has 1 aromatic rings. The van der Waals surface area contributed by atoms with Gasteiger partial charge in [0.25, 0.3) is 0 Å². The van der Waals surface area contributed by atoms with Crippen LogP contribution < -0.4 is 0 Å². The van der Waals surface area contributed by atoms with Crippen molar-refractivity contribution in [2.75, 3.05) is 53.3 Å². The second-order valence-corrected chi connectivity index (χ2v) is 7.19. The van der Waals surface area contributed by atoms with Crippen LogP contribution in [0.1, 0.15) is 24.7 Å². The van der Waals surface area contributed by atoms with E-state index in [1.54, 1.807) is 23.6 Å². The Balaban J connectivity index is 1.85. The van der Waals surface area contributed by atoms with Crippen molar-refractivity contribution < 1.29 is 28.5 Å². The van der Waals surface area contributed by atoms with Crippen molar-refractivity contribution in [3.8, 4) is 0 Å². The fourth-order valence-electron chi connectivity index (χ4n) is 3.05. The third kappa shape index (κ3) is 7.75. The Hall–Kier alpha value is -1.97. The normalized spacial score (nSPS) is 17.9. The predicted molar refractivity (Wildman–Crippen MR) is 105 cm³/mol. The Bertz CT molecular complexity index is 643. The van der Waals surface area contributed by atoms with Crippen molar-refractivity contribution in [3.05, 3.63) is 17.5 Å². The Morgan fingerprint density at radius 2 is 1.97 bits per heavy atom. The lowest BCUT2D eigenvalue weighted by atomic mass is 10.2. The van der Waals surface area contributed by atoms with Crippen LogP contribution >= 0.6 is 0 Å². The maximum atomic E-state index is 12.7. The van der Waals surface area contributed by atoms with E-state index >= 15 is 0 Å². The molecule has 164 valence electrons. The van der Waals surface area contributed by atoms with Crippen LogP contribution in [0.4, 0.5) is 0 Å². The second kappa shape index (κ2) is 11.9. The molecular weight excluding hydrogens is 378 g/mol. The summed E-state index contributed by atoms with van der Waals surface area (Å²) in [4.78, 5) is 26.4. The van der Waals surface area contributed by atoms with Crippen molar-refractivity contribution in [2.45, 2.75) is 26.8 Å². The first-order valence-corrected chi connectivity index (χ1v) is 10.0. The van der Waals surface area contributed by atoms with Gasteiger partial charge in [0.1, 0.15) is 6.61 Å². The summed E-state index contributed by atoms with van der Waals surface area (Å²) in [5.41, 5.74) is 1.84. The molecule has 2 atom stereocenters. The molecule has 1 aromatic heterocycles. The number of rotatable bonds is 14. The van der Waals surface area contributed by atoms with Gasteiger partial charge in [-0.05, 0) is 32.3 Å². The van der Waals surface area contributed by atoms with E-state index in [0.29, 0.717) is 46.1 Å². The molecule has 1 aliphatic rings. The highest BCUT2D eigenvalue weighted by Crippen LogP contribution is 2.40. The first-order valence-electron chi connectivity index (χ1n) is 10.0. The number of aryl methyl sites for hydroxylation is 2. The average Bonchev–Trinajstić information content (AvgIpc) is 3.38. The molecule has 1 aliphatic carbocycles. The first kappa shape index (κ1) is 23.3. The smallest absolute Gasteiger partial charge is 0.309 e. The largest absolute Gasteiger partial charge is 0.466 e. The van der Waals surface area contributed by atoms with Crippen LogP contribution in [-0.2, 0) is 42.1 Å². The molecule has 0 unspecified atom stereocenters. The van der Waals surface area contributed by atoms with Gasteiger partial charge in [0.2, 0.25) is 5.91 Å². The van der Waals surface area contributed by atoms with Crippen molar-refractivity contribution >= 4 is 11.9 Å². The van der Waals surface area contributed by atoms with Crippen LogP contribution in [0, 0.1) is 18.8 Å². The highest BCUT2D eigenvalue weighted by atomic mass is 16.5. The number of aromatic nitrogens is 2. The number of carbonyl (C=O) groups is 2. The van der Waals surface area contributed by atoms with E-state index < -0.39 is 0 Å². The fraction of sp³-hybridized carbons (Fsp3) is 0.750. The number of hydrogen-bond acceptors (Lipinski definition) is 7. The van der Waals surface area contributed by atoms with Crippen LogP contribution in [0.5, 0.6) is 0 Å². The molecule has 1 saturated carbocycles. The highest BCUT2D eigenvalue weighted by Gasteiger charge is 2.45. The standard InChI is InChI=1S/C20H33N3O6/c1-5-29-20(25)18-11-16(18)12-23(13-17-10-15(2)22(3)21-17)19(24)14-28-9-8-27-7-6-26-4/h10,16,18H,5-9,11-14H2,1-4H3/t16-,18+/m1/s1. The molecule has 1 amide bonds. The maximum Gasteiger partial charge on any atom is 0.309 e. The highest BCUT2D eigenvalue weighted by molar-refractivity contribution is 5.78. The third-order valence-corrected chi connectivity index (χ3v) is 4.87. The van der Waals surface area contributed by atoms with Gasteiger partial charge in [0, 0.05) is 26.4 Å². The lowest BCUT2D eigenvalue weighted by Gasteiger charge is -2.22. The maximum absolute atomic E-state index is 12.7. The van der Waals surface area contributed by atoms with Crippen LogP contribution in [0.3, 0.4) is 0 Å². The van der Waals surface area contributed by atoms with E-state index in [0.717, 1.165) is 17.8 Å². The molecule has 0 spiro atoms. The third-order valence-electron chi connectivity index (χ3n) is 4.87. The van der Waals surface area contributed by atoms with Crippen LogP contribution in [-0.4, -0.2) is 79.9 Å². The monoisotopic (exact) mass is 411 g/mol. The molecule has 9 nitrogen and oxygen atoms in total. The van der Waals surface area contributed by atoms with E-state index in [2.05, 4.69) is 5.10 Å². The van der Waals surface area contributed by atoms with Crippen LogP contribution in [0.15, 0.2) is 6.07 Å². The molecule has 2 rings (SSSR count). The zero-order valence-electron chi connectivity index (χ0n) is 17.9. The number of carbonyl (C=O) groups excluding carboxylic acids is 2. The van der Waals surface area contributed by atoms with E-state index in [4.69, 9.17) is 18.9 Å². The molecule has 0 bridgehead atoms. The molecule has 0 aliphatic heterocycles. The quantitative estimate of drug-likeness (QED) is 0.332. The van der Waals surface area contributed by atoms with Crippen LogP contribution in [0.2, 0.25) is 0 Å². The lowest BCUT2D eigenvalue weighted by Crippen LogP contribution is -2.36. The van der Waals surface area contributed by atoms with Crippen molar-refractivity contribution in [1.29, 1.82) is 0 Å². The minimum atomic E-state index is -0.178. The lowest BCUT2D eigenvalue weighted by molar-refractivity contribution is -0.145. The molecule has 1 heterocycles. The summed E-state index contributed by atoms with van der Waals surface area (Å²) < 4.78 is 22.6. The van der Waals surface area contributed by atoms with E-state index in [-0.39, 0.29) is 30.3 Å². The first-order chi connectivity index (χ1) is 14.0. The number of nitrogens with zero attached hydrogens (tertiary/aromatic N) is 3. The van der Waals surface area contributed by atoms with E-state index in [1.165, 1.54) is 0 Å². The van der Waals surface area contributed by atoms with E-state index in [1.807, 2.05) is 20.0 Å². The summed E-state index contributed by atoms with van der Waals surface area (Å²) in [6, 6.07) is 1.96. The Kier molecular flexibility index (Phi) is 9.56. The number of esters is 1. The van der Waals surface area contributed by atoms with Gasteiger partial charge in [-0.25, -0.2) is 0 Å². The molecule has 1 fully saturated rings. The summed E-state index contributed by atoms with van der Waals surface area (Å²) in [5, 5.41) is 4.44. The summed E-state index contributed by atoms with van der Waals surface area (Å²) in [6.07, 6.45) is 0.748.